The van der Waals surface area contributed by atoms with Gasteiger partial charge in [-0.1, -0.05) is 12.1 Å². The molecule has 6 heteroatoms. The summed E-state index contributed by atoms with van der Waals surface area (Å²) in [5.41, 5.74) is 0.254. The minimum Gasteiger partial charge on any atom is -0.455 e. The van der Waals surface area contributed by atoms with Gasteiger partial charge in [-0.25, -0.2) is 4.79 Å². The number of hydrogen-bond donors (Lipinski definition) is 0. The first-order valence-electron chi connectivity index (χ1n) is 8.55. The molecule has 0 unspecified atom stereocenters. The number of carbonyl (C=O) groups is 2. The zero-order valence-electron chi connectivity index (χ0n) is 15.5. The lowest BCUT2D eigenvalue weighted by molar-refractivity contribution is -0.138. The molecule has 0 atom stereocenters. The molecule has 0 radical (unpaired) electrons. The number of rotatable bonds is 7. The van der Waals surface area contributed by atoms with Gasteiger partial charge in [-0.05, 0) is 52.0 Å². The topological polar surface area (TPSA) is 68.7 Å². The van der Waals surface area contributed by atoms with Crippen molar-refractivity contribution in [1.82, 2.24) is 9.88 Å². The number of benzene rings is 1. The van der Waals surface area contributed by atoms with Crippen molar-refractivity contribution in [2.24, 2.45) is 0 Å². The lowest BCUT2D eigenvalue weighted by atomic mass is 10.2. The molecule has 0 fully saturated rings. The number of esters is 1. The summed E-state index contributed by atoms with van der Waals surface area (Å²) in [4.78, 5) is 30.4. The van der Waals surface area contributed by atoms with Gasteiger partial charge in [0.15, 0.2) is 6.61 Å². The highest BCUT2D eigenvalue weighted by Crippen LogP contribution is 2.25. The molecule has 0 N–H and O–H groups in total. The molecule has 1 aromatic carbocycles. The van der Waals surface area contributed by atoms with Crippen LogP contribution < -0.4 is 4.74 Å². The Morgan fingerprint density at radius 2 is 1.73 bits per heavy atom. The van der Waals surface area contributed by atoms with Gasteiger partial charge in [0.05, 0.1) is 6.20 Å². The normalized spacial score (nSPS) is 10.7. The molecular formula is C20H24N2O4. The Bertz CT molecular complexity index is 736. The summed E-state index contributed by atoms with van der Waals surface area (Å²) in [5.74, 6) is 0.0245. The van der Waals surface area contributed by atoms with Crippen LogP contribution in [0.2, 0.25) is 0 Å². The van der Waals surface area contributed by atoms with Crippen LogP contribution in [0.1, 0.15) is 38.1 Å². The van der Waals surface area contributed by atoms with E-state index in [1.54, 1.807) is 53.7 Å². The van der Waals surface area contributed by atoms with Gasteiger partial charge in [0.2, 0.25) is 0 Å². The molecule has 1 aromatic heterocycles. The van der Waals surface area contributed by atoms with Gasteiger partial charge in [0.25, 0.3) is 5.91 Å². The number of ether oxygens (including phenoxy) is 2. The summed E-state index contributed by atoms with van der Waals surface area (Å²) in [5, 5.41) is 0. The Labute approximate surface area is 153 Å². The standard InChI is InChI=1S/C20H24N2O4/c1-14(2)22(15(3)4)19(23)13-25-20(24)17-9-5-6-10-18(17)26-16-8-7-11-21-12-16/h5-12,14-15H,13H2,1-4H3. The smallest absolute Gasteiger partial charge is 0.342 e. The predicted octanol–water partition coefficient (Wildman–Crippen LogP) is 3.68. The molecule has 0 spiro atoms. The third kappa shape index (κ3) is 5.05. The second kappa shape index (κ2) is 8.99. The van der Waals surface area contributed by atoms with Crippen LogP contribution in [-0.2, 0) is 9.53 Å². The van der Waals surface area contributed by atoms with E-state index in [9.17, 15) is 9.59 Å². The maximum atomic E-state index is 12.4. The summed E-state index contributed by atoms with van der Waals surface area (Å²) in [7, 11) is 0. The van der Waals surface area contributed by atoms with E-state index in [4.69, 9.17) is 9.47 Å². The van der Waals surface area contributed by atoms with Crippen LogP contribution in [0.4, 0.5) is 0 Å². The van der Waals surface area contributed by atoms with Crippen LogP contribution in [0.15, 0.2) is 48.8 Å². The highest BCUT2D eigenvalue weighted by atomic mass is 16.5. The van der Waals surface area contributed by atoms with E-state index < -0.39 is 5.97 Å². The molecule has 0 saturated carbocycles. The van der Waals surface area contributed by atoms with Gasteiger partial charge in [-0.2, -0.15) is 0 Å². The molecule has 0 saturated heterocycles. The third-order valence-electron chi connectivity index (χ3n) is 3.70. The highest BCUT2D eigenvalue weighted by molar-refractivity contribution is 5.94. The molecule has 0 bridgehead atoms. The van der Waals surface area contributed by atoms with Gasteiger partial charge >= 0.3 is 5.97 Å². The minimum atomic E-state index is -0.606. The van der Waals surface area contributed by atoms with Crippen LogP contribution in [0, 0.1) is 0 Å². The van der Waals surface area contributed by atoms with E-state index in [-0.39, 0.29) is 30.2 Å². The number of nitrogens with zero attached hydrogens (tertiary/aromatic N) is 2. The molecule has 0 aliphatic carbocycles. The van der Waals surface area contributed by atoms with Crippen molar-refractivity contribution >= 4 is 11.9 Å². The number of aromatic nitrogens is 1. The lowest BCUT2D eigenvalue weighted by Crippen LogP contribution is -2.44. The van der Waals surface area contributed by atoms with E-state index in [0.29, 0.717) is 11.5 Å². The molecule has 0 aliphatic heterocycles. The van der Waals surface area contributed by atoms with E-state index in [2.05, 4.69) is 4.98 Å². The van der Waals surface area contributed by atoms with Gasteiger partial charge in [0.1, 0.15) is 17.1 Å². The van der Waals surface area contributed by atoms with E-state index >= 15 is 0 Å². The zero-order chi connectivity index (χ0) is 19.1. The largest absolute Gasteiger partial charge is 0.455 e. The molecular weight excluding hydrogens is 332 g/mol. The number of carbonyl (C=O) groups excluding carboxylic acids is 2. The van der Waals surface area contributed by atoms with Crippen molar-refractivity contribution in [1.29, 1.82) is 0 Å². The van der Waals surface area contributed by atoms with Gasteiger partial charge in [-0.15, -0.1) is 0 Å². The molecule has 1 amide bonds. The number of hydrogen-bond acceptors (Lipinski definition) is 5. The summed E-state index contributed by atoms with van der Waals surface area (Å²) >= 11 is 0. The van der Waals surface area contributed by atoms with Crippen molar-refractivity contribution in [3.8, 4) is 11.5 Å². The Morgan fingerprint density at radius 1 is 1.04 bits per heavy atom. The molecule has 2 aromatic rings. The zero-order valence-corrected chi connectivity index (χ0v) is 15.5. The minimum absolute atomic E-state index is 0.0300. The van der Waals surface area contributed by atoms with Gasteiger partial charge < -0.3 is 14.4 Å². The fourth-order valence-electron chi connectivity index (χ4n) is 2.71. The molecule has 6 nitrogen and oxygen atoms in total. The SMILES string of the molecule is CC(C)N(C(=O)COC(=O)c1ccccc1Oc1cccnc1)C(C)C. The average molecular weight is 356 g/mol. The first-order chi connectivity index (χ1) is 12.4. The van der Waals surface area contributed by atoms with Crippen molar-refractivity contribution < 1.29 is 19.1 Å². The van der Waals surface area contributed by atoms with Crippen molar-refractivity contribution in [3.63, 3.8) is 0 Å². The van der Waals surface area contributed by atoms with Crippen LogP contribution in [-0.4, -0.2) is 40.5 Å². The fraction of sp³-hybridized carbons (Fsp3) is 0.350. The molecule has 1 heterocycles. The van der Waals surface area contributed by atoms with Crippen LogP contribution in [0.25, 0.3) is 0 Å². The molecule has 0 aliphatic rings. The Hall–Kier alpha value is -2.89. The van der Waals surface area contributed by atoms with Gasteiger partial charge in [0, 0.05) is 18.3 Å². The monoisotopic (exact) mass is 356 g/mol. The summed E-state index contributed by atoms with van der Waals surface area (Å²) in [6, 6.07) is 10.3. The van der Waals surface area contributed by atoms with Crippen molar-refractivity contribution in [2.45, 2.75) is 39.8 Å². The number of amides is 1. The Morgan fingerprint density at radius 3 is 2.35 bits per heavy atom. The van der Waals surface area contributed by atoms with Gasteiger partial charge in [-0.3, -0.25) is 9.78 Å². The average Bonchev–Trinajstić information content (AvgIpc) is 2.60. The summed E-state index contributed by atoms with van der Waals surface area (Å²) in [6.45, 7) is 7.40. The van der Waals surface area contributed by atoms with Crippen molar-refractivity contribution in [3.05, 3.63) is 54.4 Å². The molecule has 138 valence electrons. The number of pyridine rings is 1. The third-order valence-corrected chi connectivity index (χ3v) is 3.70. The Balaban J connectivity index is 2.07. The van der Waals surface area contributed by atoms with E-state index in [1.165, 1.54) is 0 Å². The van der Waals surface area contributed by atoms with Crippen LogP contribution in [0.3, 0.4) is 0 Å². The van der Waals surface area contributed by atoms with Crippen LogP contribution >= 0.6 is 0 Å². The summed E-state index contributed by atoms with van der Waals surface area (Å²) < 4.78 is 10.9. The van der Waals surface area contributed by atoms with E-state index in [0.717, 1.165) is 0 Å². The summed E-state index contributed by atoms with van der Waals surface area (Å²) in [6.07, 6.45) is 3.18. The quantitative estimate of drug-likeness (QED) is 0.708. The first kappa shape index (κ1) is 19.4. The second-order valence-electron chi connectivity index (χ2n) is 6.35. The van der Waals surface area contributed by atoms with Crippen LogP contribution in [0.5, 0.6) is 11.5 Å². The molecule has 2 rings (SSSR count). The molecule has 26 heavy (non-hydrogen) atoms. The van der Waals surface area contributed by atoms with Crippen molar-refractivity contribution in [2.75, 3.05) is 6.61 Å². The van der Waals surface area contributed by atoms with E-state index in [1.807, 2.05) is 27.7 Å². The number of para-hydroxylation sites is 1. The Kier molecular flexibility index (Phi) is 6.72. The predicted molar refractivity (Wildman–Crippen MR) is 98.2 cm³/mol. The first-order valence-corrected chi connectivity index (χ1v) is 8.55. The lowest BCUT2D eigenvalue weighted by Gasteiger charge is -2.30. The maximum absolute atomic E-state index is 12.4. The maximum Gasteiger partial charge on any atom is 0.342 e. The fourth-order valence-corrected chi connectivity index (χ4v) is 2.71. The second-order valence-corrected chi connectivity index (χ2v) is 6.35. The highest BCUT2D eigenvalue weighted by Gasteiger charge is 2.22.